The maximum Gasteiger partial charge on any atom is 0.338 e. The van der Waals surface area contributed by atoms with E-state index < -0.39 is 0 Å². The van der Waals surface area contributed by atoms with Crippen LogP contribution in [0.3, 0.4) is 0 Å². The van der Waals surface area contributed by atoms with Crippen LogP contribution in [0.1, 0.15) is 33.2 Å². The van der Waals surface area contributed by atoms with E-state index in [0.29, 0.717) is 23.4 Å². The lowest BCUT2D eigenvalue weighted by Crippen LogP contribution is -2.13. The molecule has 0 fully saturated rings. The molecule has 0 aliphatic heterocycles. The number of carbonyl (C=O) groups is 2. The van der Waals surface area contributed by atoms with Crippen molar-refractivity contribution in [3.05, 3.63) is 95.6 Å². The van der Waals surface area contributed by atoms with Crippen LogP contribution < -0.4 is 5.32 Å². The van der Waals surface area contributed by atoms with Gasteiger partial charge in [0.1, 0.15) is 0 Å². The fourth-order valence-electron chi connectivity index (χ4n) is 2.62. The molecule has 0 atom stereocenters. The number of hydrogen-bond acceptors (Lipinski definition) is 4. The summed E-state index contributed by atoms with van der Waals surface area (Å²) >= 11 is 1.63. The van der Waals surface area contributed by atoms with Crippen LogP contribution in [-0.4, -0.2) is 18.5 Å². The number of nitrogens with one attached hydrogen (secondary N) is 1. The molecular formula is C23H21NO3S. The predicted molar refractivity (Wildman–Crippen MR) is 113 cm³/mol. The third-order valence-corrected chi connectivity index (χ3v) is 5.17. The van der Waals surface area contributed by atoms with Gasteiger partial charge in [0, 0.05) is 16.3 Å². The summed E-state index contributed by atoms with van der Waals surface area (Å²) in [7, 11) is 0. The molecule has 3 aromatic rings. The molecule has 0 heterocycles. The summed E-state index contributed by atoms with van der Waals surface area (Å²) < 4.78 is 4.97. The van der Waals surface area contributed by atoms with Crippen molar-refractivity contribution in [2.24, 2.45) is 0 Å². The SMILES string of the molecule is CCOC(=O)c1ccc(NC(=O)c2ccccc2SCc2ccccc2)cc1. The van der Waals surface area contributed by atoms with E-state index in [1.807, 2.05) is 42.5 Å². The Kier molecular flexibility index (Phi) is 6.87. The summed E-state index contributed by atoms with van der Waals surface area (Å²) in [6, 6.07) is 24.4. The zero-order valence-corrected chi connectivity index (χ0v) is 16.4. The van der Waals surface area contributed by atoms with Crippen molar-refractivity contribution in [3.8, 4) is 0 Å². The van der Waals surface area contributed by atoms with E-state index in [9.17, 15) is 9.59 Å². The molecule has 0 aromatic heterocycles. The largest absolute Gasteiger partial charge is 0.462 e. The average Bonchev–Trinajstić information content (AvgIpc) is 2.74. The Bertz CT molecular complexity index is 940. The summed E-state index contributed by atoms with van der Waals surface area (Å²) in [6.45, 7) is 2.09. The molecule has 5 heteroatoms. The minimum atomic E-state index is -0.372. The lowest BCUT2D eigenvalue weighted by molar-refractivity contribution is 0.0526. The Morgan fingerprint density at radius 3 is 2.29 bits per heavy atom. The molecule has 0 spiro atoms. The van der Waals surface area contributed by atoms with Gasteiger partial charge in [-0.3, -0.25) is 4.79 Å². The molecule has 1 N–H and O–H groups in total. The molecule has 3 rings (SSSR count). The predicted octanol–water partition coefficient (Wildman–Crippen LogP) is 5.41. The van der Waals surface area contributed by atoms with Crippen molar-refractivity contribution in [3.63, 3.8) is 0 Å². The summed E-state index contributed by atoms with van der Waals surface area (Å²) in [5.74, 6) is 0.238. The van der Waals surface area contributed by atoms with E-state index in [1.165, 1.54) is 5.56 Å². The second kappa shape index (κ2) is 9.76. The minimum Gasteiger partial charge on any atom is -0.462 e. The standard InChI is InChI=1S/C23H21NO3S/c1-2-27-23(26)18-12-14-19(15-13-18)24-22(25)20-10-6-7-11-21(20)28-16-17-8-4-3-5-9-17/h3-15H,2,16H2,1H3,(H,24,25). The first-order valence-electron chi connectivity index (χ1n) is 9.01. The Morgan fingerprint density at radius 2 is 1.57 bits per heavy atom. The number of ether oxygens (including phenoxy) is 1. The van der Waals surface area contributed by atoms with Gasteiger partial charge in [-0.15, -0.1) is 11.8 Å². The smallest absolute Gasteiger partial charge is 0.338 e. The Labute approximate surface area is 168 Å². The molecule has 3 aromatic carbocycles. The molecule has 28 heavy (non-hydrogen) atoms. The molecule has 0 saturated carbocycles. The monoisotopic (exact) mass is 391 g/mol. The van der Waals surface area contributed by atoms with E-state index in [-0.39, 0.29) is 11.9 Å². The molecule has 0 saturated heterocycles. The van der Waals surface area contributed by atoms with Gasteiger partial charge in [0.2, 0.25) is 0 Å². The van der Waals surface area contributed by atoms with Gasteiger partial charge in [0.25, 0.3) is 5.91 Å². The maximum absolute atomic E-state index is 12.8. The van der Waals surface area contributed by atoms with Crippen LogP contribution in [0.25, 0.3) is 0 Å². The highest BCUT2D eigenvalue weighted by molar-refractivity contribution is 7.98. The zero-order valence-electron chi connectivity index (χ0n) is 15.6. The quantitative estimate of drug-likeness (QED) is 0.432. The van der Waals surface area contributed by atoms with Crippen molar-refractivity contribution in [1.82, 2.24) is 0 Å². The Hall–Kier alpha value is -3.05. The second-order valence-corrected chi connectivity index (χ2v) is 7.04. The molecule has 1 amide bonds. The number of rotatable bonds is 7. The summed E-state index contributed by atoms with van der Waals surface area (Å²) in [4.78, 5) is 25.4. The van der Waals surface area contributed by atoms with Crippen LogP contribution >= 0.6 is 11.8 Å². The van der Waals surface area contributed by atoms with Gasteiger partial charge >= 0.3 is 5.97 Å². The normalized spacial score (nSPS) is 10.3. The molecule has 0 aliphatic carbocycles. The molecule has 142 valence electrons. The van der Waals surface area contributed by atoms with Crippen LogP contribution in [-0.2, 0) is 10.5 Å². The van der Waals surface area contributed by atoms with E-state index in [1.54, 1.807) is 43.0 Å². The summed E-state index contributed by atoms with van der Waals surface area (Å²) in [6.07, 6.45) is 0. The maximum atomic E-state index is 12.8. The number of carbonyl (C=O) groups excluding carboxylic acids is 2. The number of hydrogen-bond donors (Lipinski definition) is 1. The molecule has 0 aliphatic rings. The Balaban J connectivity index is 1.68. The third kappa shape index (κ3) is 5.24. The minimum absolute atomic E-state index is 0.181. The van der Waals surface area contributed by atoms with E-state index in [4.69, 9.17) is 4.74 Å². The average molecular weight is 391 g/mol. The fraction of sp³-hybridized carbons (Fsp3) is 0.130. The molecule has 0 unspecified atom stereocenters. The highest BCUT2D eigenvalue weighted by atomic mass is 32.2. The Morgan fingerprint density at radius 1 is 0.893 bits per heavy atom. The van der Waals surface area contributed by atoms with Crippen molar-refractivity contribution in [1.29, 1.82) is 0 Å². The van der Waals surface area contributed by atoms with Gasteiger partial charge in [-0.25, -0.2) is 4.79 Å². The number of thioether (sulfide) groups is 1. The van der Waals surface area contributed by atoms with Crippen LogP contribution in [0.2, 0.25) is 0 Å². The van der Waals surface area contributed by atoms with Gasteiger partial charge < -0.3 is 10.1 Å². The first-order valence-corrected chi connectivity index (χ1v) is 10.00. The first kappa shape index (κ1) is 19.7. The van der Waals surface area contributed by atoms with Crippen LogP contribution in [0.15, 0.2) is 83.8 Å². The van der Waals surface area contributed by atoms with Gasteiger partial charge in [0.05, 0.1) is 17.7 Å². The zero-order chi connectivity index (χ0) is 19.8. The van der Waals surface area contributed by atoms with Crippen molar-refractivity contribution >= 4 is 29.3 Å². The van der Waals surface area contributed by atoms with Crippen molar-refractivity contribution in [2.45, 2.75) is 17.6 Å². The highest BCUT2D eigenvalue weighted by Gasteiger charge is 2.12. The van der Waals surface area contributed by atoms with Crippen molar-refractivity contribution < 1.29 is 14.3 Å². The number of amides is 1. The molecule has 4 nitrogen and oxygen atoms in total. The molecular weight excluding hydrogens is 370 g/mol. The fourth-order valence-corrected chi connectivity index (χ4v) is 3.62. The van der Waals surface area contributed by atoms with E-state index >= 15 is 0 Å². The number of anilines is 1. The van der Waals surface area contributed by atoms with Crippen LogP contribution in [0.4, 0.5) is 5.69 Å². The first-order chi connectivity index (χ1) is 13.7. The van der Waals surface area contributed by atoms with Gasteiger partial charge in [-0.05, 0) is 48.9 Å². The van der Waals surface area contributed by atoms with Crippen molar-refractivity contribution in [2.75, 3.05) is 11.9 Å². The van der Waals surface area contributed by atoms with Crippen LogP contribution in [0, 0.1) is 0 Å². The number of esters is 1. The summed E-state index contributed by atoms with van der Waals surface area (Å²) in [5, 5.41) is 2.89. The third-order valence-electron chi connectivity index (χ3n) is 4.02. The lowest BCUT2D eigenvalue weighted by Gasteiger charge is -2.10. The molecule has 0 bridgehead atoms. The highest BCUT2D eigenvalue weighted by Crippen LogP contribution is 2.27. The molecule has 0 radical (unpaired) electrons. The van der Waals surface area contributed by atoms with Crippen LogP contribution in [0.5, 0.6) is 0 Å². The topological polar surface area (TPSA) is 55.4 Å². The summed E-state index contributed by atoms with van der Waals surface area (Å²) in [5.41, 5.74) is 2.91. The van der Waals surface area contributed by atoms with Gasteiger partial charge in [0.15, 0.2) is 0 Å². The second-order valence-electron chi connectivity index (χ2n) is 6.02. The van der Waals surface area contributed by atoms with E-state index in [2.05, 4.69) is 17.4 Å². The van der Waals surface area contributed by atoms with Gasteiger partial charge in [-0.2, -0.15) is 0 Å². The van der Waals surface area contributed by atoms with Gasteiger partial charge in [-0.1, -0.05) is 42.5 Å². The number of benzene rings is 3. The van der Waals surface area contributed by atoms with E-state index in [0.717, 1.165) is 10.6 Å². The lowest BCUT2D eigenvalue weighted by atomic mass is 10.2.